The van der Waals surface area contributed by atoms with Crippen LogP contribution in [0.25, 0.3) is 11.1 Å². The Bertz CT molecular complexity index is 836. The normalized spacial score (nSPS) is 15.7. The van der Waals surface area contributed by atoms with Crippen LogP contribution in [-0.2, 0) is 6.42 Å². The molecular weight excluding hydrogens is 328 g/mol. The quantitative estimate of drug-likeness (QED) is 0.726. The summed E-state index contributed by atoms with van der Waals surface area (Å²) in [6.45, 7) is 3.19. The van der Waals surface area contributed by atoms with Crippen molar-refractivity contribution >= 4 is 5.78 Å². The van der Waals surface area contributed by atoms with Crippen LogP contribution in [0, 0.1) is 5.92 Å². The fourth-order valence-electron chi connectivity index (χ4n) is 3.57. The van der Waals surface area contributed by atoms with Crippen molar-refractivity contribution in [2.75, 3.05) is 20.3 Å². The number of fused-ring (bicyclic) bond motifs is 1. The number of ether oxygens (including phenoxy) is 3. The maximum Gasteiger partial charge on any atom is 0.204 e. The molecule has 2 aromatic carbocycles. The Balaban J connectivity index is 1.83. The van der Waals surface area contributed by atoms with E-state index in [4.69, 9.17) is 14.2 Å². The van der Waals surface area contributed by atoms with Gasteiger partial charge < -0.3 is 14.2 Å². The summed E-state index contributed by atoms with van der Waals surface area (Å²) in [6.07, 6.45) is 3.80. The fraction of sp³-hybridized carbons (Fsp3) is 0.409. The molecule has 26 heavy (non-hydrogen) atoms. The molecule has 2 aliphatic rings. The van der Waals surface area contributed by atoms with Gasteiger partial charge in [-0.25, -0.2) is 0 Å². The van der Waals surface area contributed by atoms with Crippen molar-refractivity contribution < 1.29 is 19.0 Å². The molecule has 0 unspecified atom stereocenters. The van der Waals surface area contributed by atoms with E-state index >= 15 is 0 Å². The van der Waals surface area contributed by atoms with Crippen LogP contribution in [0.3, 0.4) is 0 Å². The van der Waals surface area contributed by atoms with Gasteiger partial charge >= 0.3 is 0 Å². The number of Topliss-reactive ketones (excluding diaryl/α,β-unsaturated/α-hetero) is 1. The molecule has 4 rings (SSSR count). The third kappa shape index (κ3) is 3.05. The molecule has 0 radical (unpaired) electrons. The molecule has 0 atom stereocenters. The first kappa shape index (κ1) is 17.0. The summed E-state index contributed by atoms with van der Waals surface area (Å²) in [5, 5.41) is 0. The lowest BCUT2D eigenvalue weighted by molar-refractivity contribution is 0.0994. The van der Waals surface area contributed by atoms with E-state index in [1.165, 1.54) is 12.8 Å². The smallest absolute Gasteiger partial charge is 0.204 e. The van der Waals surface area contributed by atoms with Gasteiger partial charge in [-0.15, -0.1) is 0 Å². The number of benzene rings is 2. The Morgan fingerprint density at radius 3 is 2.50 bits per heavy atom. The van der Waals surface area contributed by atoms with Crippen molar-refractivity contribution in [1.29, 1.82) is 0 Å². The number of hydrogen-bond acceptors (Lipinski definition) is 4. The molecule has 0 aliphatic heterocycles. The van der Waals surface area contributed by atoms with Crippen LogP contribution in [0.5, 0.6) is 17.2 Å². The first-order valence-electron chi connectivity index (χ1n) is 9.35. The molecule has 0 saturated heterocycles. The van der Waals surface area contributed by atoms with Crippen LogP contribution in [0.2, 0.25) is 0 Å². The highest BCUT2D eigenvalue weighted by Crippen LogP contribution is 2.47. The van der Waals surface area contributed by atoms with E-state index in [1.54, 1.807) is 7.11 Å². The summed E-state index contributed by atoms with van der Waals surface area (Å²) in [7, 11) is 1.65. The molecule has 0 spiro atoms. The first-order valence-corrected chi connectivity index (χ1v) is 9.35. The Hall–Kier alpha value is -2.49. The molecule has 1 saturated carbocycles. The van der Waals surface area contributed by atoms with Gasteiger partial charge in [-0.05, 0) is 55.4 Å². The molecule has 4 heteroatoms. The van der Waals surface area contributed by atoms with E-state index in [1.807, 2.05) is 31.2 Å². The number of carbonyl (C=O) groups excluding carboxylic acids is 1. The molecular formula is C22H24O4. The van der Waals surface area contributed by atoms with Crippen LogP contribution in [0.4, 0.5) is 0 Å². The zero-order chi connectivity index (χ0) is 18.1. The van der Waals surface area contributed by atoms with E-state index in [0.717, 1.165) is 28.7 Å². The third-order valence-corrected chi connectivity index (χ3v) is 5.11. The van der Waals surface area contributed by atoms with Crippen molar-refractivity contribution in [3.05, 3.63) is 41.5 Å². The Labute approximate surface area is 154 Å². The van der Waals surface area contributed by atoms with Gasteiger partial charge in [-0.1, -0.05) is 18.2 Å². The second kappa shape index (κ2) is 7.02. The highest BCUT2D eigenvalue weighted by atomic mass is 16.5. The number of rotatable bonds is 7. The van der Waals surface area contributed by atoms with Crippen LogP contribution in [0.15, 0.2) is 30.3 Å². The molecule has 0 heterocycles. The van der Waals surface area contributed by atoms with Gasteiger partial charge in [0, 0.05) is 17.5 Å². The lowest BCUT2D eigenvalue weighted by atomic mass is 9.95. The van der Waals surface area contributed by atoms with E-state index in [9.17, 15) is 4.79 Å². The summed E-state index contributed by atoms with van der Waals surface area (Å²) in [5.41, 5.74) is 3.96. The van der Waals surface area contributed by atoms with Gasteiger partial charge in [0.1, 0.15) is 0 Å². The predicted molar refractivity (Wildman–Crippen MR) is 100 cm³/mol. The van der Waals surface area contributed by atoms with Gasteiger partial charge in [0.05, 0.1) is 20.3 Å². The SMILES string of the molecule is CCOc1c(-c2cccc3c2CCC3=O)ccc(OC)c1OCC1CC1. The summed E-state index contributed by atoms with van der Waals surface area (Å²) in [4.78, 5) is 12.1. The molecule has 0 aromatic heterocycles. The minimum Gasteiger partial charge on any atom is -0.493 e. The van der Waals surface area contributed by atoms with E-state index in [0.29, 0.717) is 42.8 Å². The Morgan fingerprint density at radius 1 is 0.962 bits per heavy atom. The van der Waals surface area contributed by atoms with E-state index in [2.05, 4.69) is 6.07 Å². The van der Waals surface area contributed by atoms with Gasteiger partial charge in [0.15, 0.2) is 17.3 Å². The molecule has 2 aromatic rings. The lowest BCUT2D eigenvalue weighted by Crippen LogP contribution is -2.05. The number of ketones is 1. The zero-order valence-electron chi connectivity index (χ0n) is 15.3. The Morgan fingerprint density at radius 2 is 1.77 bits per heavy atom. The molecule has 1 fully saturated rings. The summed E-state index contributed by atoms with van der Waals surface area (Å²) in [6, 6.07) is 9.86. The van der Waals surface area contributed by atoms with Crippen LogP contribution >= 0.6 is 0 Å². The zero-order valence-corrected chi connectivity index (χ0v) is 15.3. The van der Waals surface area contributed by atoms with Crippen molar-refractivity contribution in [3.8, 4) is 28.4 Å². The average molecular weight is 352 g/mol. The van der Waals surface area contributed by atoms with Gasteiger partial charge in [0.25, 0.3) is 0 Å². The molecule has 0 amide bonds. The largest absolute Gasteiger partial charge is 0.493 e. The number of carbonyl (C=O) groups is 1. The maximum atomic E-state index is 12.1. The minimum absolute atomic E-state index is 0.221. The molecule has 136 valence electrons. The molecule has 0 bridgehead atoms. The summed E-state index contributed by atoms with van der Waals surface area (Å²) < 4.78 is 17.7. The third-order valence-electron chi connectivity index (χ3n) is 5.11. The van der Waals surface area contributed by atoms with Crippen molar-refractivity contribution in [2.24, 2.45) is 5.92 Å². The lowest BCUT2D eigenvalue weighted by Gasteiger charge is -2.19. The average Bonchev–Trinajstić information content (AvgIpc) is 3.42. The van der Waals surface area contributed by atoms with Crippen molar-refractivity contribution in [1.82, 2.24) is 0 Å². The molecule has 4 nitrogen and oxygen atoms in total. The second-order valence-electron chi connectivity index (χ2n) is 6.92. The topological polar surface area (TPSA) is 44.8 Å². The molecule has 0 N–H and O–H groups in total. The van der Waals surface area contributed by atoms with E-state index < -0.39 is 0 Å². The maximum absolute atomic E-state index is 12.1. The molecule has 2 aliphatic carbocycles. The van der Waals surface area contributed by atoms with Crippen molar-refractivity contribution in [3.63, 3.8) is 0 Å². The summed E-state index contributed by atoms with van der Waals surface area (Å²) in [5.74, 6) is 2.91. The van der Waals surface area contributed by atoms with Gasteiger partial charge in [-0.2, -0.15) is 0 Å². The highest BCUT2D eigenvalue weighted by Gasteiger charge is 2.27. The fourth-order valence-corrected chi connectivity index (χ4v) is 3.57. The van der Waals surface area contributed by atoms with Gasteiger partial charge in [-0.3, -0.25) is 4.79 Å². The first-order chi connectivity index (χ1) is 12.7. The van der Waals surface area contributed by atoms with Crippen LogP contribution < -0.4 is 14.2 Å². The van der Waals surface area contributed by atoms with Crippen LogP contribution in [0.1, 0.15) is 42.1 Å². The van der Waals surface area contributed by atoms with Gasteiger partial charge in [0.2, 0.25) is 5.75 Å². The minimum atomic E-state index is 0.221. The predicted octanol–water partition coefficient (Wildman–Crippen LogP) is 4.68. The Kier molecular flexibility index (Phi) is 4.58. The standard InChI is InChI=1S/C22H24O4/c1-3-25-21-18(15-5-4-6-17-16(15)9-11-19(17)23)10-12-20(24-2)22(21)26-13-14-7-8-14/h4-6,10,12,14H,3,7-9,11,13H2,1-2H3. The number of methoxy groups -OCH3 is 1. The van der Waals surface area contributed by atoms with Crippen molar-refractivity contribution in [2.45, 2.75) is 32.6 Å². The highest BCUT2D eigenvalue weighted by molar-refractivity contribution is 6.02. The number of hydrogen-bond donors (Lipinski definition) is 0. The summed E-state index contributed by atoms with van der Waals surface area (Å²) >= 11 is 0. The second-order valence-corrected chi connectivity index (χ2v) is 6.92. The van der Waals surface area contributed by atoms with E-state index in [-0.39, 0.29) is 5.78 Å². The monoisotopic (exact) mass is 352 g/mol. The van der Waals surface area contributed by atoms with Crippen LogP contribution in [-0.4, -0.2) is 26.1 Å².